The van der Waals surface area contributed by atoms with Gasteiger partial charge in [0.25, 0.3) is 0 Å². The van der Waals surface area contributed by atoms with Gasteiger partial charge in [-0.2, -0.15) is 13.2 Å². The normalized spacial score (nSPS) is 28.2. The van der Waals surface area contributed by atoms with Crippen LogP contribution in [0.2, 0.25) is 5.02 Å². The number of alkyl halides is 3. The van der Waals surface area contributed by atoms with Crippen molar-refractivity contribution in [3.8, 4) is 0 Å². The number of hydrogen-bond acceptors (Lipinski definition) is 12. The third-order valence-corrected chi connectivity index (χ3v) is 22.0. The van der Waals surface area contributed by atoms with Crippen LogP contribution in [0.4, 0.5) is 13.2 Å². The van der Waals surface area contributed by atoms with Crippen LogP contribution in [0, 0.1) is 17.8 Å². The van der Waals surface area contributed by atoms with E-state index in [0.29, 0.717) is 57.2 Å². The molecule has 12 amide bonds. The average molecular weight is 1390 g/mol. The number of carbonyl (C=O) groups is 12. The SMILES string of the molecule is CC[C@H](C)[C@@H]1NC(=O)[C@H](C)N(C)C(=O)C[C@@H](C(=O)N2CCCCC2)N(C)C(=O)[C@H](C(C)C)N(C)C(=O)C2(CCCC2)NC(=O)[C@@H]2CCCN2C(=O)[C@H](CCc2ccc(C(F)(F)F)c(Cl)c2)NC(=O)CN(C)C(=O)[C@H](CC2CCCCC2)N(C)C(=O)[C@@H]2CCN2C(=O)[C@H](C)N(C)C1=O. The third kappa shape index (κ3) is 17.9. The maximum absolute atomic E-state index is 15.4. The summed E-state index contributed by atoms with van der Waals surface area (Å²) in [5.41, 5.74) is -2.35. The molecule has 1 spiro atoms. The predicted octanol–water partition coefficient (Wildman–Crippen LogP) is 5.00. The molecule has 3 N–H and O–H groups in total. The zero-order valence-electron chi connectivity index (χ0n) is 58.8. The first-order valence-corrected chi connectivity index (χ1v) is 35.3. The standard InChI is InChI=1S/C69H104ClF3N12O12/c1-13-42(4)56-65(95)79(9)44(6)60(90)85-36-30-51(85)63(93)80(10)52(38-45-23-16-14-17-24-45)62(92)77(7)40-54(86)74-49(29-27-46-26-28-47(48(70)37-46)69(71,72)73)61(91)84-35-22-25-50(84)59(89)76-68(31-18-19-32-68)67(97)82(12)57(41(2)3)66(96)81(11)53(64(94)83-33-20-15-21-34-83)39-55(87)78(8)43(5)58(88)75-56/h26,28,37,41-45,49-53,56-57H,13-25,27,29-36,38-40H2,1-12H3,(H,74,86)(H,75,88)(H,76,89)/t42-,43-,44-,49-,50-,51-,52-,53-,56-,57-/m0/s1. The van der Waals surface area contributed by atoms with Gasteiger partial charge in [-0.1, -0.05) is 96.7 Å². The minimum atomic E-state index is -4.76. The molecule has 10 atom stereocenters. The molecule has 540 valence electrons. The quantitative estimate of drug-likeness (QED) is 0.295. The van der Waals surface area contributed by atoms with Crippen LogP contribution in [-0.4, -0.2) is 250 Å². The van der Waals surface area contributed by atoms with E-state index < -0.39 is 172 Å². The number of likely N-dealkylation sites (N-methyl/N-ethyl adjacent to an activating group) is 6. The molecule has 6 aliphatic rings. The van der Waals surface area contributed by atoms with Crippen LogP contribution in [0.15, 0.2) is 18.2 Å². The summed E-state index contributed by atoms with van der Waals surface area (Å²) in [5, 5.41) is 8.03. The van der Waals surface area contributed by atoms with Crippen molar-refractivity contribution < 1.29 is 70.7 Å². The smallest absolute Gasteiger partial charge is 0.343 e. The van der Waals surface area contributed by atoms with Crippen molar-refractivity contribution in [1.29, 1.82) is 0 Å². The van der Waals surface area contributed by atoms with E-state index in [1.807, 2.05) is 6.92 Å². The Labute approximate surface area is 574 Å². The monoisotopic (exact) mass is 1380 g/mol. The molecular formula is C69H104ClF3N12O12. The van der Waals surface area contributed by atoms with Crippen LogP contribution in [0.3, 0.4) is 0 Å². The second-order valence-corrected chi connectivity index (χ2v) is 28.9. The Morgan fingerprint density at radius 3 is 1.86 bits per heavy atom. The number of nitrogens with zero attached hydrogens (tertiary/aromatic N) is 9. The van der Waals surface area contributed by atoms with Crippen LogP contribution in [0.1, 0.15) is 175 Å². The summed E-state index contributed by atoms with van der Waals surface area (Å²) in [6, 6.07) is -7.85. The number of aryl methyl sites for hydroxylation is 1. The predicted molar refractivity (Wildman–Crippen MR) is 355 cm³/mol. The third-order valence-electron chi connectivity index (χ3n) is 21.7. The van der Waals surface area contributed by atoms with Crippen LogP contribution < -0.4 is 16.0 Å². The number of likely N-dealkylation sites (tertiary alicyclic amines) is 1. The Morgan fingerprint density at radius 2 is 1.27 bits per heavy atom. The van der Waals surface area contributed by atoms with Crippen LogP contribution >= 0.6 is 11.6 Å². The van der Waals surface area contributed by atoms with E-state index in [0.717, 1.165) is 60.5 Å². The summed E-state index contributed by atoms with van der Waals surface area (Å²) in [6.07, 6.45) is 3.65. The Morgan fingerprint density at radius 1 is 0.639 bits per heavy atom. The summed E-state index contributed by atoms with van der Waals surface area (Å²) in [5.74, 6) is -8.81. The second kappa shape index (κ2) is 33.2. The fourth-order valence-electron chi connectivity index (χ4n) is 14.9. The Balaban J connectivity index is 1.26. The van der Waals surface area contributed by atoms with Gasteiger partial charge >= 0.3 is 6.18 Å². The van der Waals surface area contributed by atoms with Gasteiger partial charge in [0.15, 0.2) is 0 Å². The highest BCUT2D eigenvalue weighted by Crippen LogP contribution is 2.37. The number of carbonyl (C=O) groups excluding carboxylic acids is 12. The molecule has 0 bridgehead atoms. The molecule has 7 rings (SSSR count). The van der Waals surface area contributed by atoms with Crippen molar-refractivity contribution in [2.24, 2.45) is 17.8 Å². The van der Waals surface area contributed by atoms with E-state index in [1.54, 1.807) is 25.7 Å². The van der Waals surface area contributed by atoms with Crippen LogP contribution in [0.25, 0.3) is 0 Å². The fraction of sp³-hybridized carbons (Fsp3) is 0.739. The molecule has 6 fully saturated rings. The topological polar surface area (TPSA) is 270 Å². The lowest BCUT2D eigenvalue weighted by molar-refractivity contribution is -0.160. The molecule has 4 aliphatic heterocycles. The zero-order chi connectivity index (χ0) is 71.7. The molecule has 1 aromatic carbocycles. The zero-order valence-corrected chi connectivity index (χ0v) is 59.5. The van der Waals surface area contributed by atoms with Crippen molar-refractivity contribution in [3.05, 3.63) is 34.3 Å². The lowest BCUT2D eigenvalue weighted by Crippen LogP contribution is -2.65. The average Bonchev–Trinajstić information content (AvgIpc) is 1.77. The van der Waals surface area contributed by atoms with E-state index in [-0.39, 0.29) is 64.0 Å². The molecular weight excluding hydrogens is 1280 g/mol. The minimum Gasteiger partial charge on any atom is -0.343 e. The lowest BCUT2D eigenvalue weighted by atomic mass is 9.84. The minimum absolute atomic E-state index is 0.0251. The van der Waals surface area contributed by atoms with Gasteiger partial charge in [0, 0.05) is 68.5 Å². The van der Waals surface area contributed by atoms with Gasteiger partial charge in [-0.05, 0) is 120 Å². The first-order chi connectivity index (χ1) is 45.6. The maximum Gasteiger partial charge on any atom is 0.417 e. The summed E-state index contributed by atoms with van der Waals surface area (Å²) in [7, 11) is 8.50. The number of amides is 12. The van der Waals surface area contributed by atoms with Crippen molar-refractivity contribution in [1.82, 2.24) is 60.0 Å². The van der Waals surface area contributed by atoms with Gasteiger partial charge in [-0.15, -0.1) is 0 Å². The molecule has 24 nitrogen and oxygen atoms in total. The molecule has 97 heavy (non-hydrogen) atoms. The summed E-state index contributed by atoms with van der Waals surface area (Å²) >= 11 is 6.15. The highest BCUT2D eigenvalue weighted by Gasteiger charge is 2.51. The van der Waals surface area contributed by atoms with Crippen molar-refractivity contribution >= 4 is 82.5 Å². The summed E-state index contributed by atoms with van der Waals surface area (Å²) in [4.78, 5) is 189. The van der Waals surface area contributed by atoms with Crippen LogP contribution in [-0.2, 0) is 70.1 Å². The van der Waals surface area contributed by atoms with E-state index >= 15 is 14.4 Å². The Bertz CT molecular complexity index is 3080. The number of piperidine rings is 1. The number of benzene rings is 1. The van der Waals surface area contributed by atoms with E-state index in [9.17, 15) is 56.3 Å². The number of hydrogen-bond donors (Lipinski definition) is 3. The van der Waals surface area contributed by atoms with Gasteiger partial charge in [0.1, 0.15) is 59.9 Å². The Kier molecular flexibility index (Phi) is 26.5. The first-order valence-electron chi connectivity index (χ1n) is 34.9. The van der Waals surface area contributed by atoms with Gasteiger partial charge < -0.3 is 60.0 Å². The molecule has 2 saturated carbocycles. The van der Waals surface area contributed by atoms with Crippen molar-refractivity contribution in [2.45, 2.75) is 236 Å². The van der Waals surface area contributed by atoms with Crippen LogP contribution in [0.5, 0.6) is 0 Å². The molecule has 4 heterocycles. The highest BCUT2D eigenvalue weighted by molar-refractivity contribution is 6.31. The van der Waals surface area contributed by atoms with Gasteiger partial charge in [-0.25, -0.2) is 0 Å². The fourth-order valence-corrected chi connectivity index (χ4v) is 15.2. The van der Waals surface area contributed by atoms with E-state index in [1.165, 1.54) is 91.6 Å². The summed E-state index contributed by atoms with van der Waals surface area (Å²) in [6.45, 7) is 10.3. The largest absolute Gasteiger partial charge is 0.417 e. The number of nitrogens with one attached hydrogen (secondary N) is 3. The van der Waals surface area contributed by atoms with Crippen molar-refractivity contribution in [3.63, 3.8) is 0 Å². The summed E-state index contributed by atoms with van der Waals surface area (Å²) < 4.78 is 41.5. The number of rotatable bonds is 9. The van der Waals surface area contributed by atoms with E-state index in [2.05, 4.69) is 16.0 Å². The molecule has 0 aromatic heterocycles. The molecule has 0 unspecified atom stereocenters. The maximum atomic E-state index is 15.4. The first kappa shape index (κ1) is 77.3. The van der Waals surface area contributed by atoms with Crippen molar-refractivity contribution in [2.75, 3.05) is 75.0 Å². The number of fused-ring (bicyclic) bond motifs is 2. The Hall–Kier alpha value is -7.06. The number of halogens is 4. The molecule has 2 aliphatic carbocycles. The van der Waals surface area contributed by atoms with Gasteiger partial charge in [0.05, 0.1) is 23.6 Å². The molecule has 28 heteroatoms. The van der Waals surface area contributed by atoms with E-state index in [4.69, 9.17) is 11.6 Å². The molecule has 0 radical (unpaired) electrons. The highest BCUT2D eigenvalue weighted by atomic mass is 35.5. The second-order valence-electron chi connectivity index (χ2n) is 28.5. The molecule has 1 aromatic rings. The van der Waals surface area contributed by atoms with Gasteiger partial charge in [-0.3, -0.25) is 57.5 Å². The van der Waals surface area contributed by atoms with Gasteiger partial charge in [0.2, 0.25) is 70.9 Å². The molecule has 4 saturated heterocycles. The lowest BCUT2D eigenvalue weighted by Gasteiger charge is -2.45.